The first-order chi connectivity index (χ1) is 14.5. The van der Waals surface area contributed by atoms with Crippen LogP contribution < -0.4 is 0 Å². The Bertz CT molecular complexity index is 757. The number of esters is 2. The van der Waals surface area contributed by atoms with Gasteiger partial charge in [0.1, 0.15) is 6.10 Å². The smallest absolute Gasteiger partial charge is 0.338 e. The lowest BCUT2D eigenvalue weighted by Gasteiger charge is -2.27. The van der Waals surface area contributed by atoms with E-state index in [0.717, 1.165) is 32.1 Å². The second-order valence-electron chi connectivity index (χ2n) is 7.85. The molecular formula is C26H34O4. The van der Waals surface area contributed by atoms with E-state index in [1.807, 2.05) is 43.3 Å². The van der Waals surface area contributed by atoms with Crippen molar-refractivity contribution in [1.82, 2.24) is 0 Å². The highest BCUT2D eigenvalue weighted by molar-refractivity contribution is 5.89. The lowest BCUT2D eigenvalue weighted by molar-refractivity contribution is 0.0104. The predicted octanol–water partition coefficient (Wildman–Crippen LogP) is 6.31. The van der Waals surface area contributed by atoms with Gasteiger partial charge in [-0.15, -0.1) is 0 Å². The molecule has 3 atom stereocenters. The number of unbranched alkanes of at least 4 members (excludes halogenated alkanes) is 1. The molecule has 0 amide bonds. The first-order valence-electron chi connectivity index (χ1n) is 11.0. The molecule has 0 saturated heterocycles. The van der Waals surface area contributed by atoms with Crippen LogP contribution in [0.15, 0.2) is 60.7 Å². The summed E-state index contributed by atoms with van der Waals surface area (Å²) < 4.78 is 11.4. The van der Waals surface area contributed by atoms with Gasteiger partial charge in [-0.05, 0) is 55.9 Å². The van der Waals surface area contributed by atoms with Gasteiger partial charge >= 0.3 is 11.9 Å². The normalized spacial score (nSPS) is 13.8. The summed E-state index contributed by atoms with van der Waals surface area (Å²) in [6, 6.07) is 18.2. The van der Waals surface area contributed by atoms with Crippen LogP contribution in [0.3, 0.4) is 0 Å². The molecule has 2 rings (SSSR count). The molecule has 0 aliphatic heterocycles. The molecule has 0 spiro atoms. The van der Waals surface area contributed by atoms with Crippen LogP contribution in [0.2, 0.25) is 0 Å². The zero-order valence-corrected chi connectivity index (χ0v) is 18.4. The minimum atomic E-state index is -0.289. The summed E-state index contributed by atoms with van der Waals surface area (Å²) in [5, 5.41) is 0. The third-order valence-electron chi connectivity index (χ3n) is 5.57. The monoisotopic (exact) mass is 410 g/mol. The maximum absolute atomic E-state index is 12.5. The molecule has 0 aliphatic carbocycles. The SMILES string of the molecule is CCCCC(CC(CC)COC(=O)c1ccccc1)C(C)OC(=O)c1ccccc1. The molecule has 4 nitrogen and oxygen atoms in total. The average molecular weight is 411 g/mol. The van der Waals surface area contributed by atoms with Gasteiger partial charge in [0, 0.05) is 0 Å². The summed E-state index contributed by atoms with van der Waals surface area (Å²) >= 11 is 0. The highest BCUT2D eigenvalue weighted by Gasteiger charge is 2.25. The van der Waals surface area contributed by atoms with Gasteiger partial charge in [0.25, 0.3) is 0 Å². The Hall–Kier alpha value is -2.62. The summed E-state index contributed by atoms with van der Waals surface area (Å²) in [5.74, 6) is -0.105. The maximum Gasteiger partial charge on any atom is 0.338 e. The third-order valence-corrected chi connectivity index (χ3v) is 5.57. The first-order valence-corrected chi connectivity index (χ1v) is 11.0. The molecule has 0 N–H and O–H groups in total. The maximum atomic E-state index is 12.5. The van der Waals surface area contributed by atoms with Crippen molar-refractivity contribution in [3.05, 3.63) is 71.8 Å². The van der Waals surface area contributed by atoms with Crippen LogP contribution in [0, 0.1) is 11.8 Å². The van der Waals surface area contributed by atoms with Crippen LogP contribution >= 0.6 is 0 Å². The molecule has 162 valence electrons. The van der Waals surface area contributed by atoms with Crippen molar-refractivity contribution in [1.29, 1.82) is 0 Å². The van der Waals surface area contributed by atoms with Gasteiger partial charge in [0.15, 0.2) is 0 Å². The molecule has 0 radical (unpaired) electrons. The number of hydrogen-bond donors (Lipinski definition) is 0. The molecular weight excluding hydrogens is 376 g/mol. The Kier molecular flexibility index (Phi) is 10.1. The number of rotatable bonds is 12. The number of carbonyl (C=O) groups is 2. The van der Waals surface area contributed by atoms with Crippen molar-refractivity contribution < 1.29 is 19.1 Å². The van der Waals surface area contributed by atoms with Crippen molar-refractivity contribution in [3.63, 3.8) is 0 Å². The van der Waals surface area contributed by atoms with E-state index in [0.29, 0.717) is 17.7 Å². The van der Waals surface area contributed by atoms with Gasteiger partial charge in [0.05, 0.1) is 17.7 Å². The van der Waals surface area contributed by atoms with E-state index in [1.54, 1.807) is 24.3 Å². The number of carbonyl (C=O) groups excluding carboxylic acids is 2. The Balaban J connectivity index is 1.94. The molecule has 0 fully saturated rings. The molecule has 0 aliphatic rings. The molecule has 0 aromatic heterocycles. The van der Waals surface area contributed by atoms with E-state index in [2.05, 4.69) is 13.8 Å². The van der Waals surface area contributed by atoms with Crippen LogP contribution in [0.1, 0.15) is 73.6 Å². The second kappa shape index (κ2) is 12.8. The van der Waals surface area contributed by atoms with Gasteiger partial charge in [0.2, 0.25) is 0 Å². The fourth-order valence-electron chi connectivity index (χ4n) is 3.55. The predicted molar refractivity (Wildman–Crippen MR) is 119 cm³/mol. The lowest BCUT2D eigenvalue weighted by atomic mass is 9.86. The number of benzene rings is 2. The first kappa shape index (κ1) is 23.7. The largest absolute Gasteiger partial charge is 0.462 e. The van der Waals surface area contributed by atoms with E-state index < -0.39 is 0 Å². The standard InChI is InChI=1S/C26H34O4/c1-4-6-13-24(20(3)30-26(28)23-16-11-8-12-17-23)18-21(5-2)19-29-25(27)22-14-9-7-10-15-22/h7-12,14-17,20-21,24H,4-6,13,18-19H2,1-3H3. The Labute approximate surface area is 180 Å². The zero-order chi connectivity index (χ0) is 21.8. The van der Waals surface area contributed by atoms with E-state index >= 15 is 0 Å². The quantitative estimate of drug-likeness (QED) is 0.385. The molecule has 3 unspecified atom stereocenters. The molecule has 2 aromatic rings. The molecule has 30 heavy (non-hydrogen) atoms. The van der Waals surface area contributed by atoms with Gasteiger partial charge in [-0.3, -0.25) is 0 Å². The van der Waals surface area contributed by atoms with Crippen molar-refractivity contribution >= 4 is 11.9 Å². The number of ether oxygens (including phenoxy) is 2. The van der Waals surface area contributed by atoms with E-state index in [9.17, 15) is 9.59 Å². The molecule has 0 saturated carbocycles. The van der Waals surface area contributed by atoms with Crippen LogP contribution in [0.4, 0.5) is 0 Å². The summed E-state index contributed by atoms with van der Waals surface area (Å²) in [6.07, 6.45) is 4.74. The average Bonchev–Trinajstić information content (AvgIpc) is 2.79. The van der Waals surface area contributed by atoms with Crippen LogP contribution in [0.25, 0.3) is 0 Å². The zero-order valence-electron chi connectivity index (χ0n) is 18.4. The fourth-order valence-corrected chi connectivity index (χ4v) is 3.55. The summed E-state index contributed by atoms with van der Waals surface area (Å²) in [6.45, 7) is 6.63. The topological polar surface area (TPSA) is 52.6 Å². The van der Waals surface area contributed by atoms with Crippen molar-refractivity contribution in [2.24, 2.45) is 11.8 Å². The molecule has 4 heteroatoms. The molecule has 2 aromatic carbocycles. The van der Waals surface area contributed by atoms with E-state index in [1.165, 1.54) is 0 Å². The molecule has 0 heterocycles. The van der Waals surface area contributed by atoms with E-state index in [4.69, 9.17) is 9.47 Å². The highest BCUT2D eigenvalue weighted by atomic mass is 16.5. The minimum absolute atomic E-state index is 0.192. The summed E-state index contributed by atoms with van der Waals surface area (Å²) in [5.41, 5.74) is 1.14. The van der Waals surface area contributed by atoms with Crippen LogP contribution in [-0.2, 0) is 9.47 Å². The van der Waals surface area contributed by atoms with Crippen molar-refractivity contribution in [2.75, 3.05) is 6.61 Å². The highest BCUT2D eigenvalue weighted by Crippen LogP contribution is 2.27. The Morgan fingerprint density at radius 3 is 1.97 bits per heavy atom. The van der Waals surface area contributed by atoms with Crippen LogP contribution in [-0.4, -0.2) is 24.6 Å². The Morgan fingerprint density at radius 2 is 1.43 bits per heavy atom. The van der Waals surface area contributed by atoms with Crippen molar-refractivity contribution in [2.45, 2.75) is 59.0 Å². The Morgan fingerprint density at radius 1 is 0.867 bits per heavy atom. The lowest BCUT2D eigenvalue weighted by Crippen LogP contribution is -2.28. The van der Waals surface area contributed by atoms with Gasteiger partial charge in [-0.25, -0.2) is 9.59 Å². The van der Waals surface area contributed by atoms with E-state index in [-0.39, 0.29) is 29.9 Å². The third kappa shape index (κ3) is 7.66. The van der Waals surface area contributed by atoms with Crippen LogP contribution in [0.5, 0.6) is 0 Å². The number of hydrogen-bond acceptors (Lipinski definition) is 4. The summed E-state index contributed by atoms with van der Waals surface area (Å²) in [4.78, 5) is 24.7. The van der Waals surface area contributed by atoms with Crippen molar-refractivity contribution in [3.8, 4) is 0 Å². The van der Waals surface area contributed by atoms with Gasteiger partial charge < -0.3 is 9.47 Å². The minimum Gasteiger partial charge on any atom is -0.462 e. The second-order valence-corrected chi connectivity index (χ2v) is 7.85. The molecule has 0 bridgehead atoms. The fraction of sp³-hybridized carbons (Fsp3) is 0.462. The van der Waals surface area contributed by atoms with Gasteiger partial charge in [-0.2, -0.15) is 0 Å². The van der Waals surface area contributed by atoms with Gasteiger partial charge in [-0.1, -0.05) is 69.5 Å². The summed E-state index contributed by atoms with van der Waals surface area (Å²) in [7, 11) is 0.